The summed E-state index contributed by atoms with van der Waals surface area (Å²) in [4.78, 5) is 0. The number of benzene rings is 2. The molecule has 0 heterocycles. The standard InChI is InChI=1S/C16H18FNO2/c1-10(18)15-5-4-12(17)8-16(15)11-6-13(19-2)9-14(7-11)20-3/h4-10H,18H2,1-3H3. The van der Waals surface area contributed by atoms with Gasteiger partial charge in [0.1, 0.15) is 17.3 Å². The zero-order valence-corrected chi connectivity index (χ0v) is 11.8. The maximum Gasteiger partial charge on any atom is 0.123 e. The van der Waals surface area contributed by atoms with Gasteiger partial charge < -0.3 is 15.2 Å². The van der Waals surface area contributed by atoms with E-state index >= 15 is 0 Å². The minimum atomic E-state index is -0.300. The summed E-state index contributed by atoms with van der Waals surface area (Å²) < 4.78 is 24.0. The maximum atomic E-state index is 13.6. The van der Waals surface area contributed by atoms with Crippen LogP contribution in [-0.4, -0.2) is 14.2 Å². The molecule has 0 aliphatic heterocycles. The molecule has 0 radical (unpaired) electrons. The van der Waals surface area contributed by atoms with Crippen LogP contribution in [0.2, 0.25) is 0 Å². The molecule has 2 aromatic carbocycles. The summed E-state index contributed by atoms with van der Waals surface area (Å²) >= 11 is 0. The number of rotatable bonds is 4. The van der Waals surface area contributed by atoms with Gasteiger partial charge in [0.25, 0.3) is 0 Å². The second-order valence-corrected chi connectivity index (χ2v) is 4.62. The van der Waals surface area contributed by atoms with E-state index in [1.807, 2.05) is 19.1 Å². The van der Waals surface area contributed by atoms with E-state index < -0.39 is 0 Å². The number of nitrogens with two attached hydrogens (primary N) is 1. The predicted molar refractivity (Wildman–Crippen MR) is 77.5 cm³/mol. The van der Waals surface area contributed by atoms with Gasteiger partial charge in [0.2, 0.25) is 0 Å². The number of hydrogen-bond acceptors (Lipinski definition) is 3. The zero-order valence-electron chi connectivity index (χ0n) is 11.8. The van der Waals surface area contributed by atoms with Crippen molar-refractivity contribution in [1.82, 2.24) is 0 Å². The number of ether oxygens (including phenoxy) is 2. The van der Waals surface area contributed by atoms with Crippen molar-refractivity contribution >= 4 is 0 Å². The summed E-state index contributed by atoms with van der Waals surface area (Å²) in [5.41, 5.74) is 8.40. The smallest absolute Gasteiger partial charge is 0.123 e. The molecule has 2 aromatic rings. The molecule has 0 saturated carbocycles. The first-order valence-electron chi connectivity index (χ1n) is 6.33. The Bertz CT molecular complexity index is 589. The van der Waals surface area contributed by atoms with Gasteiger partial charge in [-0.1, -0.05) is 6.07 Å². The largest absolute Gasteiger partial charge is 0.497 e. The second-order valence-electron chi connectivity index (χ2n) is 4.62. The molecule has 0 bridgehead atoms. The lowest BCUT2D eigenvalue weighted by Gasteiger charge is -2.15. The highest BCUT2D eigenvalue weighted by molar-refractivity contribution is 5.71. The minimum absolute atomic E-state index is 0.192. The van der Waals surface area contributed by atoms with Gasteiger partial charge in [-0.05, 0) is 47.9 Å². The minimum Gasteiger partial charge on any atom is -0.497 e. The van der Waals surface area contributed by atoms with Crippen LogP contribution >= 0.6 is 0 Å². The van der Waals surface area contributed by atoms with E-state index in [-0.39, 0.29) is 11.9 Å². The molecule has 0 amide bonds. The van der Waals surface area contributed by atoms with Crippen molar-refractivity contribution in [3.63, 3.8) is 0 Å². The Morgan fingerprint density at radius 2 is 1.60 bits per heavy atom. The Kier molecular flexibility index (Phi) is 4.25. The van der Waals surface area contributed by atoms with Crippen LogP contribution in [-0.2, 0) is 0 Å². The molecule has 2 rings (SSSR count). The molecular weight excluding hydrogens is 257 g/mol. The highest BCUT2D eigenvalue weighted by Gasteiger charge is 2.12. The topological polar surface area (TPSA) is 44.5 Å². The lowest BCUT2D eigenvalue weighted by molar-refractivity contribution is 0.394. The summed E-state index contributed by atoms with van der Waals surface area (Å²) in [5, 5.41) is 0. The molecular formula is C16H18FNO2. The molecule has 0 fully saturated rings. The second kappa shape index (κ2) is 5.92. The molecule has 3 nitrogen and oxygen atoms in total. The predicted octanol–water partition coefficient (Wildman–Crippen LogP) is 3.53. The lowest BCUT2D eigenvalue weighted by atomic mass is 9.95. The fourth-order valence-electron chi connectivity index (χ4n) is 2.14. The van der Waals surface area contributed by atoms with Crippen LogP contribution < -0.4 is 15.2 Å². The van der Waals surface area contributed by atoms with Crippen molar-refractivity contribution in [2.75, 3.05) is 14.2 Å². The highest BCUT2D eigenvalue weighted by atomic mass is 19.1. The van der Waals surface area contributed by atoms with E-state index in [0.717, 1.165) is 16.7 Å². The molecule has 0 aromatic heterocycles. The number of hydrogen-bond donors (Lipinski definition) is 1. The van der Waals surface area contributed by atoms with Gasteiger partial charge in [-0.2, -0.15) is 0 Å². The van der Waals surface area contributed by atoms with Crippen LogP contribution in [0, 0.1) is 5.82 Å². The van der Waals surface area contributed by atoms with E-state index in [1.165, 1.54) is 12.1 Å². The summed E-state index contributed by atoms with van der Waals surface area (Å²) in [7, 11) is 3.16. The first kappa shape index (κ1) is 14.3. The van der Waals surface area contributed by atoms with E-state index in [9.17, 15) is 4.39 Å². The van der Waals surface area contributed by atoms with Crippen molar-refractivity contribution < 1.29 is 13.9 Å². The first-order valence-corrected chi connectivity index (χ1v) is 6.33. The van der Waals surface area contributed by atoms with Gasteiger partial charge in [0.15, 0.2) is 0 Å². The lowest BCUT2D eigenvalue weighted by Crippen LogP contribution is -2.07. The third kappa shape index (κ3) is 2.91. The van der Waals surface area contributed by atoms with E-state index in [1.54, 1.807) is 26.4 Å². The first-order chi connectivity index (χ1) is 9.55. The summed E-state index contributed by atoms with van der Waals surface area (Å²) in [6.45, 7) is 1.87. The molecule has 0 spiro atoms. The van der Waals surface area contributed by atoms with E-state index in [2.05, 4.69) is 0 Å². The Morgan fingerprint density at radius 3 is 2.10 bits per heavy atom. The molecule has 4 heteroatoms. The van der Waals surface area contributed by atoms with Crippen molar-refractivity contribution in [2.24, 2.45) is 5.73 Å². The Labute approximate surface area is 118 Å². The van der Waals surface area contributed by atoms with Crippen LogP contribution in [0.1, 0.15) is 18.5 Å². The van der Waals surface area contributed by atoms with Crippen LogP contribution in [0.5, 0.6) is 11.5 Å². The van der Waals surface area contributed by atoms with Gasteiger partial charge in [0.05, 0.1) is 14.2 Å². The van der Waals surface area contributed by atoms with Crippen LogP contribution in [0.25, 0.3) is 11.1 Å². The fraction of sp³-hybridized carbons (Fsp3) is 0.250. The summed E-state index contributed by atoms with van der Waals surface area (Å²) in [6, 6.07) is 9.86. The fourth-order valence-corrected chi connectivity index (χ4v) is 2.14. The van der Waals surface area contributed by atoms with Crippen LogP contribution in [0.3, 0.4) is 0 Å². The van der Waals surface area contributed by atoms with Gasteiger partial charge in [-0.3, -0.25) is 0 Å². The highest BCUT2D eigenvalue weighted by Crippen LogP contribution is 2.33. The number of halogens is 1. The van der Waals surface area contributed by atoms with Gasteiger partial charge in [0, 0.05) is 12.1 Å². The molecule has 1 unspecified atom stereocenters. The monoisotopic (exact) mass is 275 g/mol. The van der Waals surface area contributed by atoms with Crippen molar-refractivity contribution in [2.45, 2.75) is 13.0 Å². The van der Waals surface area contributed by atoms with Crippen molar-refractivity contribution in [3.8, 4) is 22.6 Å². The summed E-state index contributed by atoms with van der Waals surface area (Å²) in [6.07, 6.45) is 0. The van der Waals surface area contributed by atoms with Gasteiger partial charge in [-0.15, -0.1) is 0 Å². The number of methoxy groups -OCH3 is 2. The molecule has 20 heavy (non-hydrogen) atoms. The van der Waals surface area contributed by atoms with Gasteiger partial charge >= 0.3 is 0 Å². The Morgan fingerprint density at radius 1 is 1.00 bits per heavy atom. The molecule has 2 N–H and O–H groups in total. The quantitative estimate of drug-likeness (QED) is 0.928. The van der Waals surface area contributed by atoms with Crippen LogP contribution in [0.4, 0.5) is 4.39 Å². The molecule has 1 atom stereocenters. The molecule has 0 aliphatic rings. The third-order valence-corrected chi connectivity index (χ3v) is 3.17. The van der Waals surface area contributed by atoms with E-state index in [0.29, 0.717) is 11.5 Å². The third-order valence-electron chi connectivity index (χ3n) is 3.17. The Balaban J connectivity index is 2.63. The average molecular weight is 275 g/mol. The van der Waals surface area contributed by atoms with Crippen molar-refractivity contribution in [1.29, 1.82) is 0 Å². The van der Waals surface area contributed by atoms with Crippen LogP contribution in [0.15, 0.2) is 36.4 Å². The van der Waals surface area contributed by atoms with E-state index in [4.69, 9.17) is 15.2 Å². The zero-order chi connectivity index (χ0) is 14.7. The Hall–Kier alpha value is -2.07. The van der Waals surface area contributed by atoms with Crippen molar-refractivity contribution in [3.05, 3.63) is 47.8 Å². The molecule has 106 valence electrons. The summed E-state index contributed by atoms with van der Waals surface area (Å²) in [5.74, 6) is 1.00. The normalized spacial score (nSPS) is 12.1. The average Bonchev–Trinajstić information content (AvgIpc) is 2.46. The SMILES string of the molecule is COc1cc(OC)cc(-c2cc(F)ccc2C(C)N)c1. The molecule has 0 aliphatic carbocycles. The van der Waals surface area contributed by atoms with Gasteiger partial charge in [-0.25, -0.2) is 4.39 Å². The molecule has 0 saturated heterocycles. The maximum absolute atomic E-state index is 13.6.